The summed E-state index contributed by atoms with van der Waals surface area (Å²) in [6, 6.07) is 0. The van der Waals surface area contributed by atoms with Crippen LogP contribution in [0.2, 0.25) is 0 Å². The highest BCUT2D eigenvalue weighted by molar-refractivity contribution is 4.96. The Bertz CT molecular complexity index is 138. The summed E-state index contributed by atoms with van der Waals surface area (Å²) in [7, 11) is 1.62. The Morgan fingerprint density at radius 3 is 3.00 bits per heavy atom. The fourth-order valence-electron chi connectivity index (χ4n) is 1.25. The highest BCUT2D eigenvalue weighted by atomic mass is 16.7. The van der Waals surface area contributed by atoms with Crippen molar-refractivity contribution in [2.24, 2.45) is 0 Å². The van der Waals surface area contributed by atoms with Crippen molar-refractivity contribution in [3.05, 3.63) is 0 Å². The van der Waals surface area contributed by atoms with Gasteiger partial charge in [-0.15, -0.1) is 0 Å². The summed E-state index contributed by atoms with van der Waals surface area (Å²) in [5, 5.41) is 9.03. The Morgan fingerprint density at radius 1 is 1.50 bits per heavy atom. The van der Waals surface area contributed by atoms with Gasteiger partial charge >= 0.3 is 0 Å². The van der Waals surface area contributed by atoms with Crippen molar-refractivity contribution in [1.29, 1.82) is 0 Å². The lowest BCUT2D eigenvalue weighted by molar-refractivity contribution is -0.147. The van der Waals surface area contributed by atoms with Crippen LogP contribution in [-0.4, -0.2) is 43.4 Å². The molecule has 0 saturated carbocycles. The van der Waals surface area contributed by atoms with Crippen molar-refractivity contribution < 1.29 is 19.3 Å². The lowest BCUT2D eigenvalue weighted by Crippen LogP contribution is -2.38. The average Bonchev–Trinajstić information content (AvgIpc) is 2.68. The topological polar surface area (TPSA) is 51.2 Å². The van der Waals surface area contributed by atoms with E-state index < -0.39 is 6.29 Å². The van der Waals surface area contributed by atoms with Gasteiger partial charge in [0.05, 0.1) is 6.61 Å². The van der Waals surface area contributed by atoms with Crippen LogP contribution in [0.3, 0.4) is 0 Å². The first kappa shape index (κ1) is 6.54. The SMILES string of the molecule is CO[C@H]1CO[C@@H](O)[C@@H]2O[C@H]21. The van der Waals surface area contributed by atoms with E-state index in [1.807, 2.05) is 0 Å². The van der Waals surface area contributed by atoms with E-state index in [0.29, 0.717) is 6.61 Å². The summed E-state index contributed by atoms with van der Waals surface area (Å²) >= 11 is 0. The van der Waals surface area contributed by atoms with Crippen molar-refractivity contribution in [1.82, 2.24) is 0 Å². The van der Waals surface area contributed by atoms with Gasteiger partial charge in [0, 0.05) is 7.11 Å². The zero-order valence-electron chi connectivity index (χ0n) is 5.69. The fourth-order valence-corrected chi connectivity index (χ4v) is 1.25. The Hall–Kier alpha value is -0.160. The van der Waals surface area contributed by atoms with Crippen molar-refractivity contribution in [2.75, 3.05) is 13.7 Å². The number of methoxy groups -OCH3 is 1. The van der Waals surface area contributed by atoms with Gasteiger partial charge in [-0.05, 0) is 0 Å². The maximum Gasteiger partial charge on any atom is 0.183 e. The van der Waals surface area contributed by atoms with E-state index in [4.69, 9.17) is 19.3 Å². The van der Waals surface area contributed by atoms with E-state index >= 15 is 0 Å². The molecule has 4 nitrogen and oxygen atoms in total. The molecule has 0 bridgehead atoms. The Morgan fingerprint density at radius 2 is 2.30 bits per heavy atom. The molecule has 4 atom stereocenters. The van der Waals surface area contributed by atoms with Crippen LogP contribution in [0, 0.1) is 0 Å². The molecule has 0 aromatic carbocycles. The Balaban J connectivity index is 1.95. The van der Waals surface area contributed by atoms with Crippen LogP contribution < -0.4 is 0 Å². The molecule has 2 heterocycles. The highest BCUT2D eigenvalue weighted by Crippen LogP contribution is 2.34. The molecule has 58 valence electrons. The first-order valence-corrected chi connectivity index (χ1v) is 3.31. The summed E-state index contributed by atoms with van der Waals surface area (Å²) in [6.07, 6.45) is -0.808. The van der Waals surface area contributed by atoms with E-state index in [1.165, 1.54) is 0 Å². The standard InChI is InChI=1S/C6H10O4/c1-8-3-2-9-6(7)5-4(3)10-5/h3-7H,2H2,1H3/t3-,4-,5+,6+/m0/s1. The van der Waals surface area contributed by atoms with Crippen LogP contribution in [-0.2, 0) is 14.2 Å². The summed E-state index contributed by atoms with van der Waals surface area (Å²) in [6.45, 7) is 0.429. The van der Waals surface area contributed by atoms with Crippen molar-refractivity contribution in [2.45, 2.75) is 24.6 Å². The molecule has 0 amide bonds. The molecule has 2 aliphatic rings. The van der Waals surface area contributed by atoms with Crippen molar-refractivity contribution >= 4 is 0 Å². The van der Waals surface area contributed by atoms with Gasteiger partial charge in [-0.2, -0.15) is 0 Å². The molecule has 0 unspecified atom stereocenters. The van der Waals surface area contributed by atoms with Gasteiger partial charge in [0.2, 0.25) is 0 Å². The molecular weight excluding hydrogens is 136 g/mol. The number of rotatable bonds is 1. The van der Waals surface area contributed by atoms with Gasteiger partial charge in [-0.25, -0.2) is 0 Å². The van der Waals surface area contributed by atoms with Crippen LogP contribution in [0.25, 0.3) is 0 Å². The third kappa shape index (κ3) is 0.845. The van der Waals surface area contributed by atoms with E-state index in [1.54, 1.807) is 7.11 Å². The Kier molecular flexibility index (Phi) is 1.42. The molecule has 2 aliphatic heterocycles. The van der Waals surface area contributed by atoms with E-state index in [2.05, 4.69) is 0 Å². The second-order valence-electron chi connectivity index (χ2n) is 2.56. The predicted octanol–water partition coefficient (Wildman–Crippen LogP) is -0.883. The molecule has 0 radical (unpaired) electrons. The lowest BCUT2D eigenvalue weighted by atomic mass is 10.1. The molecule has 0 aromatic heterocycles. The molecule has 10 heavy (non-hydrogen) atoms. The normalized spacial score (nSPS) is 52.2. The molecule has 2 rings (SSSR count). The summed E-state index contributed by atoms with van der Waals surface area (Å²) in [5.74, 6) is 0. The van der Waals surface area contributed by atoms with Gasteiger partial charge in [0.1, 0.15) is 18.3 Å². The van der Waals surface area contributed by atoms with E-state index in [9.17, 15) is 0 Å². The maximum absolute atomic E-state index is 9.03. The van der Waals surface area contributed by atoms with Gasteiger partial charge in [-0.3, -0.25) is 0 Å². The molecule has 0 aliphatic carbocycles. The first-order chi connectivity index (χ1) is 4.83. The molecule has 2 saturated heterocycles. The van der Waals surface area contributed by atoms with Gasteiger partial charge < -0.3 is 19.3 Å². The number of aliphatic hydroxyl groups is 1. The molecule has 1 N–H and O–H groups in total. The minimum Gasteiger partial charge on any atom is -0.376 e. The fraction of sp³-hybridized carbons (Fsp3) is 1.00. The zero-order valence-corrected chi connectivity index (χ0v) is 5.69. The minimum atomic E-state index is -0.739. The quantitative estimate of drug-likeness (QED) is 0.488. The van der Waals surface area contributed by atoms with Gasteiger partial charge in [0.25, 0.3) is 0 Å². The maximum atomic E-state index is 9.03. The van der Waals surface area contributed by atoms with Gasteiger partial charge in [-0.1, -0.05) is 0 Å². The molecule has 0 aromatic rings. The first-order valence-electron chi connectivity index (χ1n) is 3.31. The lowest BCUT2D eigenvalue weighted by Gasteiger charge is -2.20. The number of epoxide rings is 1. The van der Waals surface area contributed by atoms with Crippen LogP contribution >= 0.6 is 0 Å². The smallest absolute Gasteiger partial charge is 0.183 e. The second-order valence-corrected chi connectivity index (χ2v) is 2.56. The van der Waals surface area contributed by atoms with Gasteiger partial charge in [0.15, 0.2) is 6.29 Å². The third-order valence-corrected chi connectivity index (χ3v) is 1.94. The van der Waals surface area contributed by atoms with Crippen molar-refractivity contribution in [3.8, 4) is 0 Å². The monoisotopic (exact) mass is 146 g/mol. The number of fused-ring (bicyclic) bond motifs is 1. The molecular formula is C6H10O4. The third-order valence-electron chi connectivity index (χ3n) is 1.94. The number of hydrogen-bond acceptors (Lipinski definition) is 4. The summed E-state index contributed by atoms with van der Waals surface area (Å²) in [5.41, 5.74) is 0. The second kappa shape index (κ2) is 2.17. The van der Waals surface area contributed by atoms with Crippen LogP contribution in [0.15, 0.2) is 0 Å². The minimum absolute atomic E-state index is 0.00778. The van der Waals surface area contributed by atoms with Crippen LogP contribution in [0.4, 0.5) is 0 Å². The largest absolute Gasteiger partial charge is 0.376 e. The summed E-state index contributed by atoms with van der Waals surface area (Å²) in [4.78, 5) is 0. The Labute approximate surface area is 58.7 Å². The number of aliphatic hydroxyl groups excluding tert-OH is 1. The van der Waals surface area contributed by atoms with Crippen LogP contribution in [0.1, 0.15) is 0 Å². The van der Waals surface area contributed by atoms with E-state index in [-0.39, 0.29) is 18.3 Å². The summed E-state index contributed by atoms with van der Waals surface area (Å²) < 4.78 is 15.1. The number of ether oxygens (including phenoxy) is 3. The van der Waals surface area contributed by atoms with Crippen LogP contribution in [0.5, 0.6) is 0 Å². The van der Waals surface area contributed by atoms with E-state index in [0.717, 1.165) is 0 Å². The zero-order chi connectivity index (χ0) is 7.14. The molecule has 0 spiro atoms. The van der Waals surface area contributed by atoms with Crippen molar-refractivity contribution in [3.63, 3.8) is 0 Å². The highest BCUT2D eigenvalue weighted by Gasteiger charge is 2.53. The molecule has 2 fully saturated rings. The number of hydrogen-bond donors (Lipinski definition) is 1. The molecule has 4 heteroatoms. The predicted molar refractivity (Wildman–Crippen MR) is 31.4 cm³/mol. The average molecular weight is 146 g/mol.